The van der Waals surface area contributed by atoms with Gasteiger partial charge in [0.15, 0.2) is 0 Å². The molecule has 0 radical (unpaired) electrons. The minimum atomic E-state index is -1.15. The van der Waals surface area contributed by atoms with Crippen molar-refractivity contribution in [3.8, 4) is 0 Å². The Morgan fingerprint density at radius 2 is 1.94 bits per heavy atom. The van der Waals surface area contributed by atoms with Crippen molar-refractivity contribution in [1.29, 1.82) is 0 Å². The van der Waals surface area contributed by atoms with Crippen LogP contribution in [0.2, 0.25) is 0 Å². The third-order valence-corrected chi connectivity index (χ3v) is 1.94. The highest BCUT2D eigenvalue weighted by Gasteiger charge is 2.09. The zero-order chi connectivity index (χ0) is 12.0. The zero-order valence-electron chi connectivity index (χ0n) is 8.93. The second-order valence-electron chi connectivity index (χ2n) is 3.18. The molecule has 0 atom stereocenters. The average molecular weight is 219 g/mol. The summed E-state index contributed by atoms with van der Waals surface area (Å²) in [5.74, 6) is -1.46. The molecule has 1 aromatic rings. The number of carboxylic acids is 1. The van der Waals surface area contributed by atoms with Crippen molar-refractivity contribution in [2.24, 2.45) is 0 Å². The summed E-state index contributed by atoms with van der Waals surface area (Å²) in [6.45, 7) is 1.66. The van der Waals surface area contributed by atoms with E-state index in [1.54, 1.807) is 31.2 Å². The molecule has 0 unspecified atom stereocenters. The fraction of sp³-hybridized carbons (Fsp3) is 0.167. The highest BCUT2D eigenvalue weighted by molar-refractivity contribution is 5.96. The van der Waals surface area contributed by atoms with E-state index in [-0.39, 0.29) is 18.0 Å². The van der Waals surface area contributed by atoms with Gasteiger partial charge in [0, 0.05) is 6.42 Å². The first-order valence-corrected chi connectivity index (χ1v) is 4.93. The molecule has 4 nitrogen and oxygen atoms in total. The Labute approximate surface area is 93.6 Å². The number of carbonyl (C=O) groups is 2. The van der Waals surface area contributed by atoms with E-state index in [0.29, 0.717) is 0 Å². The molecular weight excluding hydrogens is 206 g/mol. The minimum Gasteiger partial charge on any atom is -0.477 e. The lowest BCUT2D eigenvalue weighted by atomic mass is 10.2. The standard InChI is InChI=1S/C12H13NO3/c1-2-11(14)13-10(12(15)16)8-9-6-4-3-5-7-9/h3-8H,2H2,1H3,(H,13,14)(H,15,16)/b10-8-. The highest BCUT2D eigenvalue weighted by atomic mass is 16.4. The monoisotopic (exact) mass is 219 g/mol. The summed E-state index contributed by atoms with van der Waals surface area (Å²) in [4.78, 5) is 22.0. The Morgan fingerprint density at radius 1 is 1.31 bits per heavy atom. The minimum absolute atomic E-state index is 0.113. The van der Waals surface area contributed by atoms with Gasteiger partial charge in [0.05, 0.1) is 0 Å². The van der Waals surface area contributed by atoms with Crippen LogP contribution in [0.5, 0.6) is 0 Å². The van der Waals surface area contributed by atoms with Crippen LogP contribution in [0.15, 0.2) is 36.0 Å². The van der Waals surface area contributed by atoms with Crippen molar-refractivity contribution in [1.82, 2.24) is 5.32 Å². The van der Waals surface area contributed by atoms with Crippen LogP contribution in [0.3, 0.4) is 0 Å². The van der Waals surface area contributed by atoms with Crippen LogP contribution >= 0.6 is 0 Å². The molecule has 1 rings (SSSR count). The van der Waals surface area contributed by atoms with Gasteiger partial charge in [-0.3, -0.25) is 4.79 Å². The van der Waals surface area contributed by atoms with Crippen LogP contribution in [0, 0.1) is 0 Å². The van der Waals surface area contributed by atoms with Gasteiger partial charge >= 0.3 is 5.97 Å². The molecule has 0 aliphatic heterocycles. The first kappa shape index (κ1) is 12.0. The summed E-state index contributed by atoms with van der Waals surface area (Å²) in [5, 5.41) is 11.2. The summed E-state index contributed by atoms with van der Waals surface area (Å²) in [6, 6.07) is 8.96. The highest BCUT2D eigenvalue weighted by Crippen LogP contribution is 2.05. The van der Waals surface area contributed by atoms with Crippen molar-refractivity contribution < 1.29 is 14.7 Å². The second-order valence-corrected chi connectivity index (χ2v) is 3.18. The molecular formula is C12H13NO3. The summed E-state index contributed by atoms with van der Waals surface area (Å²) < 4.78 is 0. The number of hydrogen-bond donors (Lipinski definition) is 2. The van der Waals surface area contributed by atoms with Gasteiger partial charge in [-0.15, -0.1) is 0 Å². The van der Waals surface area contributed by atoms with Crippen LogP contribution in [0.1, 0.15) is 18.9 Å². The van der Waals surface area contributed by atoms with Crippen molar-refractivity contribution >= 4 is 18.0 Å². The molecule has 1 aromatic carbocycles. The number of carbonyl (C=O) groups excluding carboxylic acids is 1. The van der Waals surface area contributed by atoms with E-state index in [1.165, 1.54) is 6.08 Å². The lowest BCUT2D eigenvalue weighted by Gasteiger charge is -2.04. The molecule has 0 spiro atoms. The van der Waals surface area contributed by atoms with Crippen molar-refractivity contribution in [2.75, 3.05) is 0 Å². The molecule has 84 valence electrons. The third kappa shape index (κ3) is 3.57. The quantitative estimate of drug-likeness (QED) is 0.756. The molecule has 16 heavy (non-hydrogen) atoms. The first-order valence-electron chi connectivity index (χ1n) is 4.93. The normalized spacial score (nSPS) is 10.9. The second kappa shape index (κ2) is 5.70. The lowest BCUT2D eigenvalue weighted by Crippen LogP contribution is -2.26. The Balaban J connectivity index is 2.90. The van der Waals surface area contributed by atoms with Gasteiger partial charge < -0.3 is 10.4 Å². The van der Waals surface area contributed by atoms with Crippen LogP contribution < -0.4 is 5.32 Å². The first-order chi connectivity index (χ1) is 7.63. The molecule has 0 aliphatic rings. The van der Waals surface area contributed by atoms with Gasteiger partial charge in [-0.05, 0) is 11.6 Å². The number of benzene rings is 1. The maximum atomic E-state index is 11.1. The van der Waals surface area contributed by atoms with E-state index in [2.05, 4.69) is 5.32 Å². The van der Waals surface area contributed by atoms with E-state index in [4.69, 9.17) is 5.11 Å². The Hall–Kier alpha value is -2.10. The van der Waals surface area contributed by atoms with E-state index < -0.39 is 5.97 Å². The van der Waals surface area contributed by atoms with Gasteiger partial charge in [0.1, 0.15) is 5.70 Å². The molecule has 2 N–H and O–H groups in total. The predicted octanol–water partition coefficient (Wildman–Crippen LogP) is 1.64. The number of nitrogens with one attached hydrogen (secondary N) is 1. The number of hydrogen-bond acceptors (Lipinski definition) is 2. The summed E-state index contributed by atoms with van der Waals surface area (Å²) in [5.41, 5.74) is 0.620. The van der Waals surface area contributed by atoms with Gasteiger partial charge in [-0.1, -0.05) is 37.3 Å². The molecule has 4 heteroatoms. The van der Waals surface area contributed by atoms with E-state index >= 15 is 0 Å². The summed E-state index contributed by atoms with van der Waals surface area (Å²) in [6.07, 6.45) is 1.68. The predicted molar refractivity (Wildman–Crippen MR) is 60.5 cm³/mol. The van der Waals surface area contributed by atoms with E-state index in [1.807, 2.05) is 6.07 Å². The molecule has 0 aromatic heterocycles. The maximum absolute atomic E-state index is 11.1. The van der Waals surface area contributed by atoms with Crippen LogP contribution in [0.4, 0.5) is 0 Å². The van der Waals surface area contributed by atoms with Crippen molar-refractivity contribution in [2.45, 2.75) is 13.3 Å². The van der Waals surface area contributed by atoms with Crippen LogP contribution in [0.25, 0.3) is 6.08 Å². The molecule has 1 amide bonds. The fourth-order valence-electron chi connectivity index (χ4n) is 1.11. The molecule has 0 fully saturated rings. The largest absolute Gasteiger partial charge is 0.477 e. The van der Waals surface area contributed by atoms with Gasteiger partial charge in [0.2, 0.25) is 5.91 Å². The third-order valence-electron chi connectivity index (χ3n) is 1.94. The van der Waals surface area contributed by atoms with E-state index in [0.717, 1.165) is 5.56 Å². The molecule has 0 saturated heterocycles. The number of aliphatic carboxylic acids is 1. The fourth-order valence-corrected chi connectivity index (χ4v) is 1.11. The molecule has 0 saturated carbocycles. The molecule has 0 heterocycles. The van der Waals surface area contributed by atoms with Crippen molar-refractivity contribution in [3.05, 3.63) is 41.6 Å². The van der Waals surface area contributed by atoms with Gasteiger partial charge in [-0.25, -0.2) is 4.79 Å². The smallest absolute Gasteiger partial charge is 0.352 e. The average Bonchev–Trinajstić information content (AvgIpc) is 2.29. The zero-order valence-corrected chi connectivity index (χ0v) is 8.93. The Morgan fingerprint density at radius 3 is 2.44 bits per heavy atom. The van der Waals surface area contributed by atoms with Crippen LogP contribution in [-0.4, -0.2) is 17.0 Å². The van der Waals surface area contributed by atoms with Gasteiger partial charge in [-0.2, -0.15) is 0 Å². The number of carboxylic acid groups (broad SMARTS) is 1. The number of amides is 1. The number of rotatable bonds is 4. The SMILES string of the molecule is CCC(=O)N/C(=C\c1ccccc1)C(=O)O. The summed E-state index contributed by atoms with van der Waals surface area (Å²) >= 11 is 0. The topological polar surface area (TPSA) is 66.4 Å². The van der Waals surface area contributed by atoms with Crippen LogP contribution in [-0.2, 0) is 9.59 Å². The van der Waals surface area contributed by atoms with Crippen molar-refractivity contribution in [3.63, 3.8) is 0 Å². The molecule has 0 bridgehead atoms. The molecule has 0 aliphatic carbocycles. The summed E-state index contributed by atoms with van der Waals surface area (Å²) in [7, 11) is 0. The van der Waals surface area contributed by atoms with Gasteiger partial charge in [0.25, 0.3) is 0 Å². The Kier molecular flexibility index (Phi) is 4.27. The lowest BCUT2D eigenvalue weighted by molar-refractivity contribution is -0.134. The Bertz CT molecular complexity index is 410. The maximum Gasteiger partial charge on any atom is 0.352 e. The van der Waals surface area contributed by atoms with E-state index in [9.17, 15) is 9.59 Å².